The quantitative estimate of drug-likeness (QED) is 0.831. The Kier molecular flexibility index (Phi) is 8.28. The number of ketones is 1. The first-order valence-corrected chi connectivity index (χ1v) is 6.80. The first kappa shape index (κ1) is 17.2. The summed E-state index contributed by atoms with van der Waals surface area (Å²) in [5.41, 5.74) is 6.05. The van der Waals surface area contributed by atoms with E-state index in [-0.39, 0.29) is 17.4 Å². The van der Waals surface area contributed by atoms with Crippen LogP contribution in [0.15, 0.2) is 24.3 Å². The number of anilines is 1. The van der Waals surface area contributed by atoms with Crippen molar-refractivity contribution in [2.75, 3.05) is 11.1 Å². The van der Waals surface area contributed by atoms with Crippen LogP contribution in [0.25, 0.3) is 0 Å². The third kappa shape index (κ3) is 7.25. The van der Waals surface area contributed by atoms with E-state index >= 15 is 0 Å². The number of hydrogen-bond donors (Lipinski definition) is 2. The number of benzene rings is 1. The summed E-state index contributed by atoms with van der Waals surface area (Å²) >= 11 is 0.739. The second-order valence-electron chi connectivity index (χ2n) is 3.29. The van der Waals surface area contributed by atoms with E-state index in [0.29, 0.717) is 11.3 Å². The third-order valence-corrected chi connectivity index (χ3v) is 2.61. The number of carbonyl (C=O) groups is 3. The zero-order valence-electron chi connectivity index (χ0n) is 11.2. The summed E-state index contributed by atoms with van der Waals surface area (Å²) in [5.74, 6) is -0.374. The fourth-order valence-electron chi connectivity index (χ4n) is 1.12. The summed E-state index contributed by atoms with van der Waals surface area (Å²) in [5, 5.41) is 1.99. The maximum Gasteiger partial charge on any atom is 0.276 e. The van der Waals surface area contributed by atoms with E-state index in [0.717, 1.165) is 11.8 Å². The molecule has 0 aromatic heterocycles. The molecule has 0 saturated carbocycles. The van der Waals surface area contributed by atoms with Gasteiger partial charge in [0.15, 0.2) is 5.78 Å². The molecule has 1 aromatic rings. The number of nitrogens with two attached hydrogens (primary N) is 1. The predicted octanol–water partition coefficient (Wildman–Crippen LogP) is 2.67. The summed E-state index contributed by atoms with van der Waals surface area (Å²) in [6, 6.07) is 6.51. The Balaban J connectivity index is 0.00000154. The molecule has 0 fully saturated rings. The molecule has 0 saturated heterocycles. The molecule has 1 aromatic carbocycles. The number of Topliss-reactive ketones (excluding diaryl/α,β-unsaturated/α-hetero) is 1. The Labute approximate surface area is 116 Å². The Morgan fingerprint density at radius 1 is 1.16 bits per heavy atom. The highest BCUT2D eigenvalue weighted by molar-refractivity contribution is 8.14. The van der Waals surface area contributed by atoms with Crippen molar-refractivity contribution >= 4 is 34.4 Å². The normalized spacial score (nSPS) is 9.00. The van der Waals surface area contributed by atoms with Crippen molar-refractivity contribution < 1.29 is 14.4 Å². The van der Waals surface area contributed by atoms with E-state index in [9.17, 15) is 14.4 Å². The van der Waals surface area contributed by atoms with E-state index < -0.39 is 5.24 Å². The highest BCUT2D eigenvalue weighted by Gasteiger charge is 2.05. The first-order valence-electron chi connectivity index (χ1n) is 5.82. The minimum Gasteiger partial charge on any atom is -0.361 e. The summed E-state index contributed by atoms with van der Waals surface area (Å²) in [7, 11) is 0. The first-order chi connectivity index (χ1) is 8.99. The lowest BCUT2D eigenvalue weighted by Crippen LogP contribution is -2.16. The number of nitrogens with one attached hydrogen (secondary N) is 1. The molecule has 0 heterocycles. The van der Waals surface area contributed by atoms with Gasteiger partial charge in [-0.3, -0.25) is 14.4 Å². The lowest BCUT2D eigenvalue weighted by Gasteiger charge is -2.04. The van der Waals surface area contributed by atoms with Crippen LogP contribution >= 0.6 is 11.8 Å². The van der Waals surface area contributed by atoms with Crippen LogP contribution in [0.4, 0.5) is 10.5 Å². The molecule has 104 valence electrons. The van der Waals surface area contributed by atoms with Crippen molar-refractivity contribution in [3.05, 3.63) is 29.8 Å². The molecule has 0 atom stereocenters. The van der Waals surface area contributed by atoms with Crippen LogP contribution in [0, 0.1) is 0 Å². The van der Waals surface area contributed by atoms with Gasteiger partial charge in [0.25, 0.3) is 5.24 Å². The van der Waals surface area contributed by atoms with Gasteiger partial charge in [-0.2, -0.15) is 0 Å². The van der Waals surface area contributed by atoms with Crippen molar-refractivity contribution in [2.45, 2.75) is 20.8 Å². The molecule has 0 radical (unpaired) electrons. The number of hydrogen-bond acceptors (Lipinski definition) is 4. The third-order valence-electron chi connectivity index (χ3n) is 1.92. The molecule has 0 spiro atoms. The van der Waals surface area contributed by atoms with Crippen LogP contribution in [0.3, 0.4) is 0 Å². The van der Waals surface area contributed by atoms with Gasteiger partial charge in [0.1, 0.15) is 0 Å². The fourth-order valence-corrected chi connectivity index (χ4v) is 1.47. The maximum atomic E-state index is 11.3. The lowest BCUT2D eigenvalue weighted by molar-refractivity contribution is -0.113. The van der Waals surface area contributed by atoms with E-state index in [4.69, 9.17) is 5.73 Å². The number of thioether (sulfide) groups is 1. The van der Waals surface area contributed by atoms with Gasteiger partial charge in [0.2, 0.25) is 5.91 Å². The topological polar surface area (TPSA) is 89.3 Å². The van der Waals surface area contributed by atoms with Gasteiger partial charge in [-0.05, 0) is 31.2 Å². The zero-order chi connectivity index (χ0) is 14.8. The maximum absolute atomic E-state index is 11.3. The van der Waals surface area contributed by atoms with Crippen LogP contribution in [0.2, 0.25) is 0 Å². The van der Waals surface area contributed by atoms with Gasteiger partial charge in [-0.1, -0.05) is 25.6 Å². The summed E-state index contributed by atoms with van der Waals surface area (Å²) in [4.78, 5) is 32.8. The molecule has 19 heavy (non-hydrogen) atoms. The van der Waals surface area contributed by atoms with Crippen molar-refractivity contribution in [1.29, 1.82) is 0 Å². The van der Waals surface area contributed by atoms with Crippen molar-refractivity contribution in [2.24, 2.45) is 5.73 Å². The Morgan fingerprint density at radius 3 is 2.11 bits per heavy atom. The number of carbonyl (C=O) groups excluding carboxylic acids is 3. The molecule has 0 unspecified atom stereocenters. The van der Waals surface area contributed by atoms with E-state index in [1.165, 1.54) is 6.92 Å². The summed E-state index contributed by atoms with van der Waals surface area (Å²) in [6.45, 7) is 5.47. The van der Waals surface area contributed by atoms with Crippen molar-refractivity contribution in [3.63, 3.8) is 0 Å². The highest BCUT2D eigenvalue weighted by atomic mass is 32.2. The molecular formula is C13H18N2O3S. The van der Waals surface area contributed by atoms with E-state index in [1.54, 1.807) is 24.3 Å². The predicted molar refractivity (Wildman–Crippen MR) is 78.5 cm³/mol. The molecule has 3 N–H and O–H groups in total. The summed E-state index contributed by atoms with van der Waals surface area (Å²) < 4.78 is 0. The van der Waals surface area contributed by atoms with Gasteiger partial charge in [0, 0.05) is 11.3 Å². The van der Waals surface area contributed by atoms with E-state index in [2.05, 4.69) is 5.32 Å². The summed E-state index contributed by atoms with van der Waals surface area (Å²) in [6.07, 6.45) is 0. The van der Waals surface area contributed by atoms with Gasteiger partial charge in [-0.15, -0.1) is 0 Å². The van der Waals surface area contributed by atoms with Crippen LogP contribution in [0.5, 0.6) is 0 Å². The number of rotatable bonds is 4. The molecular weight excluding hydrogens is 264 g/mol. The average molecular weight is 282 g/mol. The largest absolute Gasteiger partial charge is 0.361 e. The zero-order valence-corrected chi connectivity index (χ0v) is 12.0. The number of primary amides is 1. The van der Waals surface area contributed by atoms with Crippen LogP contribution in [0.1, 0.15) is 31.1 Å². The highest BCUT2D eigenvalue weighted by Crippen LogP contribution is 2.10. The molecule has 2 amide bonds. The van der Waals surface area contributed by atoms with E-state index in [1.807, 2.05) is 13.8 Å². The van der Waals surface area contributed by atoms with Gasteiger partial charge >= 0.3 is 0 Å². The van der Waals surface area contributed by atoms with Crippen LogP contribution in [-0.2, 0) is 4.79 Å². The number of amides is 2. The molecule has 0 aliphatic heterocycles. The van der Waals surface area contributed by atoms with Crippen LogP contribution < -0.4 is 11.1 Å². The molecule has 0 aliphatic carbocycles. The molecule has 6 heteroatoms. The molecule has 0 aliphatic rings. The Hall–Kier alpha value is -1.82. The smallest absolute Gasteiger partial charge is 0.276 e. The van der Waals surface area contributed by atoms with Gasteiger partial charge < -0.3 is 11.1 Å². The van der Waals surface area contributed by atoms with Crippen molar-refractivity contribution in [1.82, 2.24) is 0 Å². The van der Waals surface area contributed by atoms with Crippen LogP contribution in [-0.4, -0.2) is 22.7 Å². The van der Waals surface area contributed by atoms with Gasteiger partial charge in [0.05, 0.1) is 5.75 Å². The average Bonchev–Trinajstić information content (AvgIpc) is 2.39. The Morgan fingerprint density at radius 2 is 1.68 bits per heavy atom. The minimum atomic E-state index is -0.591. The van der Waals surface area contributed by atoms with Gasteiger partial charge in [-0.25, -0.2) is 0 Å². The fraction of sp³-hybridized carbons (Fsp3) is 0.308. The van der Waals surface area contributed by atoms with Crippen molar-refractivity contribution in [3.8, 4) is 0 Å². The second-order valence-corrected chi connectivity index (χ2v) is 4.27. The minimum absolute atomic E-state index is 0.0240. The molecule has 1 rings (SSSR count). The second kappa shape index (κ2) is 9.16. The monoisotopic (exact) mass is 282 g/mol. The molecule has 0 bridgehead atoms. The SMILES string of the molecule is CC.CC(=O)c1ccc(NC(=O)CSC(N)=O)cc1. The standard InChI is InChI=1S/C11H12N2O3S.C2H6/c1-7(14)8-2-4-9(5-3-8)13-10(15)6-17-11(12)16;1-2/h2-5H,6H2,1H3,(H2,12,16)(H,13,15);1-2H3. The Bertz CT molecular complexity index is 444. The lowest BCUT2D eigenvalue weighted by atomic mass is 10.1. The molecule has 5 nitrogen and oxygen atoms in total.